The monoisotopic (exact) mass is 809 g/mol. The molecule has 292 valence electrons. The van der Waals surface area contributed by atoms with E-state index in [2.05, 4.69) is 134 Å². The predicted octanol–water partition coefficient (Wildman–Crippen LogP) is 10.3. The second kappa shape index (κ2) is 15.9. The number of nitrogens with zero attached hydrogens (tertiary/aromatic N) is 2. The first-order valence-electron chi connectivity index (χ1n) is 19.5. The van der Waals surface area contributed by atoms with Crippen molar-refractivity contribution < 1.29 is 26.0 Å². The largest absolute Gasteiger partial charge is 0.344 e. The molecule has 0 unspecified atom stereocenters. The van der Waals surface area contributed by atoms with Crippen LogP contribution in [0.2, 0.25) is 0 Å². The molecule has 0 atom stereocenters. The summed E-state index contributed by atoms with van der Waals surface area (Å²) in [6, 6.07) is 25.6. The third-order valence-electron chi connectivity index (χ3n) is 11.7. The molecule has 0 aromatic heterocycles. The van der Waals surface area contributed by atoms with Gasteiger partial charge in [-0.3, -0.25) is 4.55 Å². The summed E-state index contributed by atoms with van der Waals surface area (Å²) in [5.41, 5.74) is 8.60. The minimum Gasteiger partial charge on any atom is -0.344 e. The standard InChI is InChI=1S/C46H49ClN2O5S2/c1-45(2)40(48(28-9-11-30-55(50)51)38-24-20-32-14-5-7-18-36(32)42(38)45)26-22-34-16-13-17-35(44(34)47)23-27-41-46(3,4)43-37-19-8-6-15-33(37)21-25-39(43)49(41)29-10-12-31-56(52,53)54/h5-8,14-15,18-27,30H,9-13,16-17,28-29,31H2,1-4H3/p+1. The molecule has 4 aromatic rings. The summed E-state index contributed by atoms with van der Waals surface area (Å²) in [7, 11) is -6.20. The number of anilines is 1. The van der Waals surface area contributed by atoms with Crippen molar-refractivity contribution in [3.05, 3.63) is 130 Å². The average Bonchev–Trinajstić information content (AvgIpc) is 3.51. The predicted molar refractivity (Wildman–Crippen MR) is 233 cm³/mol. The summed E-state index contributed by atoms with van der Waals surface area (Å²) in [4.78, 5) is 2.35. The molecule has 3 aliphatic rings. The van der Waals surface area contributed by atoms with Crippen molar-refractivity contribution in [2.24, 2.45) is 0 Å². The summed E-state index contributed by atoms with van der Waals surface area (Å²) >= 11 is 7.30. The van der Waals surface area contributed by atoms with Crippen molar-refractivity contribution in [3.63, 3.8) is 0 Å². The van der Waals surface area contributed by atoms with Crippen molar-refractivity contribution >= 4 is 76.0 Å². The quantitative estimate of drug-likeness (QED) is 0.0663. The van der Waals surface area contributed by atoms with Gasteiger partial charge in [0.15, 0.2) is 5.71 Å². The topological polar surface area (TPSA) is 94.8 Å². The van der Waals surface area contributed by atoms with Gasteiger partial charge < -0.3 is 4.90 Å². The van der Waals surface area contributed by atoms with Crippen molar-refractivity contribution in [1.29, 1.82) is 0 Å². The number of hydrogen-bond acceptors (Lipinski definition) is 5. The van der Waals surface area contributed by atoms with Crippen LogP contribution in [0.25, 0.3) is 21.5 Å². The summed E-state index contributed by atoms with van der Waals surface area (Å²) < 4.78 is 57.2. The van der Waals surface area contributed by atoms with E-state index >= 15 is 0 Å². The minimum absolute atomic E-state index is 0.256. The lowest BCUT2D eigenvalue weighted by molar-refractivity contribution is -0.438. The molecule has 0 saturated carbocycles. The van der Waals surface area contributed by atoms with E-state index in [1.54, 1.807) is 0 Å². The maximum Gasteiger partial charge on any atom is 0.264 e. The first-order valence-corrected chi connectivity index (χ1v) is 22.6. The maximum atomic E-state index is 11.5. The molecule has 1 aliphatic carbocycles. The van der Waals surface area contributed by atoms with E-state index < -0.39 is 20.4 Å². The normalized spacial score (nSPS) is 19.2. The van der Waals surface area contributed by atoms with Crippen LogP contribution in [-0.4, -0.2) is 55.9 Å². The van der Waals surface area contributed by atoms with Gasteiger partial charge in [0.2, 0.25) is 16.0 Å². The van der Waals surface area contributed by atoms with Gasteiger partial charge in [0, 0.05) is 57.9 Å². The molecule has 0 amide bonds. The lowest BCUT2D eigenvalue weighted by atomic mass is 9.78. The third kappa shape index (κ3) is 7.84. The zero-order valence-electron chi connectivity index (χ0n) is 32.6. The molecular formula is C46H50ClN2O5S2+. The number of rotatable bonds is 12. The van der Waals surface area contributed by atoms with Crippen LogP contribution in [0.5, 0.6) is 0 Å². The molecule has 0 fully saturated rings. The van der Waals surface area contributed by atoms with E-state index in [-0.39, 0.29) is 16.6 Å². The van der Waals surface area contributed by atoms with E-state index in [1.807, 2.05) is 0 Å². The van der Waals surface area contributed by atoms with Crippen molar-refractivity contribution in [1.82, 2.24) is 0 Å². The van der Waals surface area contributed by atoms with Crippen LogP contribution < -0.4 is 4.90 Å². The fraction of sp³-hybridized carbons (Fsp3) is 0.348. The number of fused-ring (bicyclic) bond motifs is 6. The fourth-order valence-electron chi connectivity index (χ4n) is 9.10. The van der Waals surface area contributed by atoms with Crippen molar-refractivity contribution in [2.75, 3.05) is 23.7 Å². The number of allylic oxidation sites excluding steroid dienone is 8. The van der Waals surface area contributed by atoms with E-state index in [0.717, 1.165) is 58.2 Å². The van der Waals surface area contributed by atoms with Gasteiger partial charge in [-0.15, -0.1) is 0 Å². The lowest BCUT2D eigenvalue weighted by Gasteiger charge is -2.27. The van der Waals surface area contributed by atoms with Crippen LogP contribution in [-0.2, 0) is 31.2 Å². The van der Waals surface area contributed by atoms with Crippen LogP contribution in [0.4, 0.5) is 11.4 Å². The molecule has 4 aromatic carbocycles. The molecule has 0 saturated heterocycles. The number of benzene rings is 4. The second-order valence-electron chi connectivity index (χ2n) is 16.1. The van der Waals surface area contributed by atoms with Gasteiger partial charge in [-0.2, -0.15) is 21.4 Å². The number of halogens is 1. The Hall–Kier alpha value is -4.28. The smallest absolute Gasteiger partial charge is 0.264 e. The van der Waals surface area contributed by atoms with Gasteiger partial charge in [0.25, 0.3) is 10.1 Å². The van der Waals surface area contributed by atoms with Crippen LogP contribution in [0.1, 0.15) is 83.8 Å². The van der Waals surface area contributed by atoms with Gasteiger partial charge >= 0.3 is 0 Å². The Kier molecular flexibility index (Phi) is 11.4. The molecule has 0 radical (unpaired) electrons. The molecule has 56 heavy (non-hydrogen) atoms. The fourth-order valence-corrected chi connectivity index (χ4v) is 10.3. The van der Waals surface area contributed by atoms with Gasteiger partial charge in [-0.25, -0.2) is 0 Å². The number of hydrogen-bond donors (Lipinski definition) is 1. The Morgan fingerprint density at radius 3 is 2.20 bits per heavy atom. The molecule has 2 heterocycles. The zero-order chi connectivity index (χ0) is 39.8. The Bertz CT molecular complexity index is 2640. The first kappa shape index (κ1) is 39.9. The highest BCUT2D eigenvalue weighted by molar-refractivity contribution is 7.85. The Balaban J connectivity index is 1.24. The Morgan fingerprint density at radius 2 is 1.50 bits per heavy atom. The Morgan fingerprint density at radius 1 is 0.821 bits per heavy atom. The molecule has 2 aliphatic heterocycles. The van der Waals surface area contributed by atoms with Gasteiger partial charge in [-0.1, -0.05) is 92.2 Å². The van der Waals surface area contributed by atoms with E-state index in [4.69, 9.17) is 11.6 Å². The summed E-state index contributed by atoms with van der Waals surface area (Å²) in [6.07, 6.45) is 13.6. The van der Waals surface area contributed by atoms with Gasteiger partial charge in [0.05, 0.1) is 11.2 Å². The van der Waals surface area contributed by atoms with Crippen LogP contribution >= 0.6 is 11.6 Å². The molecule has 0 bridgehead atoms. The highest BCUT2D eigenvalue weighted by Gasteiger charge is 2.45. The third-order valence-corrected chi connectivity index (χ3v) is 13.5. The molecule has 1 N–H and O–H groups in total. The van der Waals surface area contributed by atoms with Crippen LogP contribution in [0, 0.1) is 0 Å². The van der Waals surface area contributed by atoms with E-state index in [9.17, 15) is 21.4 Å². The second-order valence-corrected chi connectivity index (χ2v) is 18.9. The molecular weight excluding hydrogens is 760 g/mol. The SMILES string of the molecule is CC1(C)C(/C=C/C2=C(Cl)C(=C/C=C3/N(CCCC=S(=O)=O)c4ccc5ccccc5c4C3(C)C)/CCC2)=[N+](CCCCS(=O)(=O)O)c2ccc3ccccc3c21. The first-order chi connectivity index (χ1) is 26.7. The highest BCUT2D eigenvalue weighted by atomic mass is 35.5. The summed E-state index contributed by atoms with van der Waals surface area (Å²) in [5, 5.41) is 6.90. The summed E-state index contributed by atoms with van der Waals surface area (Å²) in [6.45, 7) is 10.3. The maximum absolute atomic E-state index is 11.5. The number of unbranched alkanes of at least 4 members (excludes halogenated alkanes) is 2. The molecule has 7 nitrogen and oxygen atoms in total. The lowest BCUT2D eigenvalue weighted by Crippen LogP contribution is -2.28. The van der Waals surface area contributed by atoms with E-state index in [0.29, 0.717) is 38.8 Å². The molecule has 0 spiro atoms. The Labute approximate surface area is 337 Å². The molecule has 7 rings (SSSR count). The van der Waals surface area contributed by atoms with Crippen LogP contribution in [0.3, 0.4) is 0 Å². The minimum atomic E-state index is -4.03. The average molecular weight is 811 g/mol. The van der Waals surface area contributed by atoms with Crippen molar-refractivity contribution in [3.8, 4) is 0 Å². The zero-order valence-corrected chi connectivity index (χ0v) is 34.9. The van der Waals surface area contributed by atoms with Crippen LogP contribution in [0.15, 0.2) is 119 Å². The summed E-state index contributed by atoms with van der Waals surface area (Å²) in [5.74, 6) is -0.256. The highest BCUT2D eigenvalue weighted by Crippen LogP contribution is 2.51. The van der Waals surface area contributed by atoms with Crippen molar-refractivity contribution in [2.45, 2.75) is 83.5 Å². The van der Waals surface area contributed by atoms with Gasteiger partial charge in [0.1, 0.15) is 6.54 Å². The molecule has 10 heteroatoms. The van der Waals surface area contributed by atoms with Gasteiger partial charge in [-0.05, 0) is 109 Å². The van der Waals surface area contributed by atoms with E-state index in [1.165, 1.54) is 38.0 Å².